The quantitative estimate of drug-likeness (QED) is 0.309. The number of thiocarbonyl (C=S) groups is 1. The Bertz CT molecular complexity index is 1040. The summed E-state index contributed by atoms with van der Waals surface area (Å²) in [6, 6.07) is 11.1. The van der Waals surface area contributed by atoms with E-state index in [2.05, 4.69) is 30.0 Å². The molecule has 2 amide bonds. The van der Waals surface area contributed by atoms with Crippen LogP contribution in [0.5, 0.6) is 17.2 Å². The first-order chi connectivity index (χ1) is 15.7. The van der Waals surface area contributed by atoms with E-state index in [0.717, 1.165) is 16.7 Å². The molecule has 33 heavy (non-hydrogen) atoms. The number of nitrogens with one attached hydrogen (secondary N) is 3. The van der Waals surface area contributed by atoms with E-state index < -0.39 is 11.8 Å². The lowest BCUT2D eigenvalue weighted by Crippen LogP contribution is -2.49. The summed E-state index contributed by atoms with van der Waals surface area (Å²) in [6.07, 6.45) is 2.91. The molecule has 0 bridgehead atoms. The number of methoxy groups -OCH3 is 2. The van der Waals surface area contributed by atoms with Crippen molar-refractivity contribution >= 4 is 35.2 Å². The first-order valence-corrected chi connectivity index (χ1v) is 10.7. The highest BCUT2D eigenvalue weighted by molar-refractivity contribution is 7.80. The van der Waals surface area contributed by atoms with Crippen LogP contribution < -0.4 is 30.4 Å². The Labute approximate surface area is 199 Å². The van der Waals surface area contributed by atoms with Crippen molar-refractivity contribution in [3.05, 3.63) is 59.2 Å². The zero-order valence-corrected chi connectivity index (χ0v) is 20.2. The highest BCUT2D eigenvalue weighted by Crippen LogP contribution is 2.28. The molecule has 2 aromatic rings. The Morgan fingerprint density at radius 3 is 2.39 bits per heavy atom. The average molecular weight is 472 g/mol. The van der Waals surface area contributed by atoms with Gasteiger partial charge >= 0.3 is 0 Å². The number of hydrogen-bond donors (Lipinski definition) is 3. The number of rotatable bonds is 8. The fourth-order valence-electron chi connectivity index (χ4n) is 2.86. The Hall–Kier alpha value is -3.59. The highest BCUT2D eigenvalue weighted by atomic mass is 32.1. The van der Waals surface area contributed by atoms with Crippen LogP contribution in [0.2, 0.25) is 0 Å². The minimum absolute atomic E-state index is 0.0521. The SMILES string of the molecule is COc1ccc(/C=C/C(=O)NC(=S)NNC(=O)COc2cc(C)ccc2C(C)C)cc1OC. The number of amides is 2. The average Bonchev–Trinajstić information content (AvgIpc) is 2.79. The molecule has 176 valence electrons. The molecule has 0 unspecified atom stereocenters. The van der Waals surface area contributed by atoms with Gasteiger partial charge in [-0.15, -0.1) is 0 Å². The second-order valence-electron chi connectivity index (χ2n) is 7.42. The zero-order chi connectivity index (χ0) is 24.4. The van der Waals surface area contributed by atoms with Gasteiger partial charge in [0.05, 0.1) is 14.2 Å². The van der Waals surface area contributed by atoms with Gasteiger partial charge in [-0.3, -0.25) is 25.8 Å². The van der Waals surface area contributed by atoms with E-state index in [1.807, 2.05) is 25.1 Å². The lowest BCUT2D eigenvalue weighted by molar-refractivity contribution is -0.123. The topological polar surface area (TPSA) is 97.9 Å². The Morgan fingerprint density at radius 1 is 1.00 bits per heavy atom. The lowest BCUT2D eigenvalue weighted by atomic mass is 10.0. The van der Waals surface area contributed by atoms with Crippen LogP contribution in [0.1, 0.15) is 36.5 Å². The predicted molar refractivity (Wildman–Crippen MR) is 131 cm³/mol. The van der Waals surface area contributed by atoms with Gasteiger partial charge in [-0.2, -0.15) is 0 Å². The Balaban J connectivity index is 1.80. The highest BCUT2D eigenvalue weighted by Gasteiger charge is 2.11. The summed E-state index contributed by atoms with van der Waals surface area (Å²) in [5.74, 6) is 1.16. The molecule has 2 aromatic carbocycles. The van der Waals surface area contributed by atoms with Crippen molar-refractivity contribution in [3.63, 3.8) is 0 Å². The number of carbonyl (C=O) groups is 2. The van der Waals surface area contributed by atoms with E-state index in [0.29, 0.717) is 17.2 Å². The van der Waals surface area contributed by atoms with Gasteiger partial charge in [0.15, 0.2) is 23.2 Å². The largest absolute Gasteiger partial charge is 0.493 e. The van der Waals surface area contributed by atoms with E-state index in [1.54, 1.807) is 31.4 Å². The third kappa shape index (κ3) is 8.12. The third-order valence-corrected chi connectivity index (χ3v) is 4.74. The monoisotopic (exact) mass is 471 g/mol. The molecule has 0 atom stereocenters. The maximum atomic E-state index is 12.1. The van der Waals surface area contributed by atoms with Gasteiger partial charge < -0.3 is 14.2 Å². The van der Waals surface area contributed by atoms with Gasteiger partial charge in [0.2, 0.25) is 5.91 Å². The number of aryl methyl sites for hydroxylation is 1. The second-order valence-corrected chi connectivity index (χ2v) is 7.83. The van der Waals surface area contributed by atoms with Crippen LogP contribution >= 0.6 is 12.2 Å². The minimum Gasteiger partial charge on any atom is -0.493 e. The van der Waals surface area contributed by atoms with Gasteiger partial charge in [-0.25, -0.2) is 0 Å². The molecule has 0 aliphatic heterocycles. The Morgan fingerprint density at radius 2 is 1.73 bits per heavy atom. The summed E-state index contributed by atoms with van der Waals surface area (Å²) in [5, 5.41) is 2.39. The van der Waals surface area contributed by atoms with Crippen molar-refractivity contribution in [1.29, 1.82) is 0 Å². The maximum absolute atomic E-state index is 12.1. The third-order valence-electron chi connectivity index (χ3n) is 4.54. The van der Waals surface area contributed by atoms with Crippen LogP contribution in [0.25, 0.3) is 6.08 Å². The van der Waals surface area contributed by atoms with Gasteiger partial charge in [-0.05, 0) is 66.0 Å². The molecule has 8 nitrogen and oxygen atoms in total. The van der Waals surface area contributed by atoms with Crippen LogP contribution in [-0.2, 0) is 9.59 Å². The first kappa shape index (κ1) is 25.7. The molecule has 0 saturated carbocycles. The zero-order valence-electron chi connectivity index (χ0n) is 19.4. The maximum Gasteiger partial charge on any atom is 0.276 e. The van der Waals surface area contributed by atoms with Crippen molar-refractivity contribution in [2.24, 2.45) is 0 Å². The standard InChI is InChI=1S/C24H29N3O5S/c1-15(2)18-9-6-16(3)12-20(18)32-14-23(29)26-27-24(33)25-22(28)11-8-17-7-10-19(30-4)21(13-17)31-5/h6-13,15H,14H2,1-5H3,(H,26,29)(H2,25,27,28,33)/b11-8+. The van der Waals surface area contributed by atoms with E-state index in [9.17, 15) is 9.59 Å². The van der Waals surface area contributed by atoms with Crippen LogP contribution in [0.3, 0.4) is 0 Å². The fraction of sp³-hybridized carbons (Fsp3) is 0.292. The molecule has 0 aromatic heterocycles. The predicted octanol–water partition coefficient (Wildman–Crippen LogP) is 3.25. The summed E-state index contributed by atoms with van der Waals surface area (Å²) < 4.78 is 16.1. The molecule has 0 fully saturated rings. The molecular formula is C24H29N3O5S. The molecule has 3 N–H and O–H groups in total. The summed E-state index contributed by atoms with van der Waals surface area (Å²) in [7, 11) is 3.08. The van der Waals surface area contributed by atoms with Crippen molar-refractivity contribution in [2.45, 2.75) is 26.7 Å². The van der Waals surface area contributed by atoms with Crippen LogP contribution in [0, 0.1) is 6.92 Å². The number of hydrazine groups is 1. The van der Waals surface area contributed by atoms with Gasteiger partial charge in [-0.1, -0.05) is 32.0 Å². The molecule has 0 aliphatic carbocycles. The summed E-state index contributed by atoms with van der Waals surface area (Å²) in [5.41, 5.74) is 7.68. The molecule has 0 spiro atoms. The summed E-state index contributed by atoms with van der Waals surface area (Å²) in [6.45, 7) is 5.87. The number of benzene rings is 2. The van der Waals surface area contributed by atoms with E-state index in [1.165, 1.54) is 13.2 Å². The van der Waals surface area contributed by atoms with Crippen LogP contribution in [-0.4, -0.2) is 37.8 Å². The number of ether oxygens (including phenoxy) is 3. The summed E-state index contributed by atoms with van der Waals surface area (Å²) >= 11 is 5.03. The molecule has 0 saturated heterocycles. The van der Waals surface area contributed by atoms with Gasteiger partial charge in [0.25, 0.3) is 5.91 Å². The van der Waals surface area contributed by atoms with Crippen molar-refractivity contribution in [3.8, 4) is 17.2 Å². The van der Waals surface area contributed by atoms with Crippen molar-refractivity contribution in [2.75, 3.05) is 20.8 Å². The van der Waals surface area contributed by atoms with E-state index in [-0.39, 0.29) is 17.6 Å². The number of hydrogen-bond acceptors (Lipinski definition) is 6. The molecule has 9 heteroatoms. The molecular weight excluding hydrogens is 442 g/mol. The molecule has 0 radical (unpaired) electrons. The van der Waals surface area contributed by atoms with E-state index in [4.69, 9.17) is 26.4 Å². The van der Waals surface area contributed by atoms with E-state index >= 15 is 0 Å². The molecule has 0 heterocycles. The smallest absolute Gasteiger partial charge is 0.276 e. The second kappa shape index (κ2) is 12.4. The Kier molecular flexibility index (Phi) is 9.68. The molecule has 0 aliphatic rings. The van der Waals surface area contributed by atoms with Crippen LogP contribution in [0.4, 0.5) is 0 Å². The lowest BCUT2D eigenvalue weighted by Gasteiger charge is -2.15. The fourth-order valence-corrected chi connectivity index (χ4v) is 3.01. The van der Waals surface area contributed by atoms with Gasteiger partial charge in [0.1, 0.15) is 5.75 Å². The minimum atomic E-state index is -0.464. The normalized spacial score (nSPS) is 10.6. The number of carbonyl (C=O) groups excluding carboxylic acids is 2. The van der Waals surface area contributed by atoms with Crippen LogP contribution in [0.15, 0.2) is 42.5 Å². The van der Waals surface area contributed by atoms with Crippen molar-refractivity contribution in [1.82, 2.24) is 16.2 Å². The first-order valence-electron chi connectivity index (χ1n) is 10.3. The van der Waals surface area contributed by atoms with Crippen molar-refractivity contribution < 1.29 is 23.8 Å². The molecule has 2 rings (SSSR count). The summed E-state index contributed by atoms with van der Waals surface area (Å²) in [4.78, 5) is 24.2. The van der Waals surface area contributed by atoms with Gasteiger partial charge in [0, 0.05) is 6.08 Å².